The average molecular weight is 324 g/mol. The van der Waals surface area contributed by atoms with E-state index in [1.807, 2.05) is 0 Å². The smallest absolute Gasteiger partial charge is 0.0471 e. The lowest BCUT2D eigenvalue weighted by atomic mass is 9.75. The Morgan fingerprint density at radius 1 is 1.21 bits per heavy atom. The molecule has 1 aromatic carbocycles. The Kier molecular flexibility index (Phi) is 4.25. The van der Waals surface area contributed by atoms with Crippen molar-refractivity contribution in [1.82, 2.24) is 5.32 Å². The highest BCUT2D eigenvalue weighted by Crippen LogP contribution is 2.36. The molecule has 1 heterocycles. The van der Waals surface area contributed by atoms with Gasteiger partial charge in [0.05, 0.1) is 0 Å². The third kappa shape index (κ3) is 3.59. The largest absolute Gasteiger partial charge is 0.381 e. The van der Waals surface area contributed by atoms with Gasteiger partial charge in [-0.05, 0) is 49.1 Å². The molecule has 1 aromatic rings. The summed E-state index contributed by atoms with van der Waals surface area (Å²) < 4.78 is 6.82. The second-order valence-electron chi connectivity index (χ2n) is 6.04. The van der Waals surface area contributed by atoms with Gasteiger partial charge in [-0.2, -0.15) is 0 Å². The zero-order valence-corrected chi connectivity index (χ0v) is 12.9. The first kappa shape index (κ1) is 13.6. The fraction of sp³-hybridized carbons (Fsp3) is 0.625. The van der Waals surface area contributed by atoms with E-state index in [2.05, 4.69) is 45.5 Å². The van der Waals surface area contributed by atoms with Crippen molar-refractivity contribution in [2.45, 2.75) is 38.1 Å². The Bertz CT molecular complexity index is 425. The van der Waals surface area contributed by atoms with E-state index in [0.29, 0.717) is 5.41 Å². The van der Waals surface area contributed by atoms with Crippen molar-refractivity contribution >= 4 is 15.9 Å². The first-order valence-electron chi connectivity index (χ1n) is 7.32. The highest BCUT2D eigenvalue weighted by molar-refractivity contribution is 9.10. The zero-order valence-electron chi connectivity index (χ0n) is 11.3. The summed E-state index contributed by atoms with van der Waals surface area (Å²) in [4.78, 5) is 0. The van der Waals surface area contributed by atoms with Crippen molar-refractivity contribution in [3.05, 3.63) is 34.3 Å². The molecule has 3 heteroatoms. The molecule has 3 rings (SSSR count). The molecule has 0 amide bonds. The maximum absolute atomic E-state index is 5.58. The predicted molar refractivity (Wildman–Crippen MR) is 81.4 cm³/mol. The van der Waals surface area contributed by atoms with Gasteiger partial charge in [-0.15, -0.1) is 0 Å². The van der Waals surface area contributed by atoms with Crippen LogP contribution in [0.15, 0.2) is 28.7 Å². The molecular formula is C16H22BrNO. The van der Waals surface area contributed by atoms with Crippen LogP contribution >= 0.6 is 15.9 Å². The molecule has 0 atom stereocenters. The average Bonchev–Trinajstić information content (AvgIpc) is 3.25. The van der Waals surface area contributed by atoms with E-state index in [0.717, 1.165) is 32.2 Å². The molecular weight excluding hydrogens is 302 g/mol. The standard InChI is InChI=1S/C16H22BrNO/c17-15-4-2-1-3-13(15)11-16(7-9-19-10-8-16)12-18-14-5-6-14/h1-4,14,18H,5-12H2. The van der Waals surface area contributed by atoms with E-state index in [-0.39, 0.29) is 0 Å². The van der Waals surface area contributed by atoms with E-state index < -0.39 is 0 Å². The maximum atomic E-state index is 5.58. The van der Waals surface area contributed by atoms with Crippen LogP contribution in [0.4, 0.5) is 0 Å². The second kappa shape index (κ2) is 5.94. The van der Waals surface area contributed by atoms with Gasteiger partial charge in [0.15, 0.2) is 0 Å². The van der Waals surface area contributed by atoms with Crippen LogP contribution in [0.25, 0.3) is 0 Å². The molecule has 0 aromatic heterocycles. The predicted octanol–water partition coefficient (Wildman–Crippen LogP) is 3.54. The van der Waals surface area contributed by atoms with Crippen molar-refractivity contribution in [1.29, 1.82) is 0 Å². The third-order valence-corrected chi connectivity index (χ3v) is 5.19. The van der Waals surface area contributed by atoms with Crippen molar-refractivity contribution in [3.8, 4) is 0 Å². The Labute approximate surface area is 124 Å². The van der Waals surface area contributed by atoms with E-state index in [4.69, 9.17) is 4.74 Å². The first-order valence-corrected chi connectivity index (χ1v) is 8.11. The Morgan fingerprint density at radius 3 is 2.63 bits per heavy atom. The first-order chi connectivity index (χ1) is 9.27. The summed E-state index contributed by atoms with van der Waals surface area (Å²) in [7, 11) is 0. The Hall–Kier alpha value is -0.380. The molecule has 1 saturated heterocycles. The molecule has 1 aliphatic heterocycles. The summed E-state index contributed by atoms with van der Waals surface area (Å²) in [6.45, 7) is 2.97. The topological polar surface area (TPSA) is 21.3 Å². The number of halogens is 1. The fourth-order valence-corrected chi connectivity index (χ4v) is 3.34. The van der Waals surface area contributed by atoms with Gasteiger partial charge < -0.3 is 10.1 Å². The summed E-state index contributed by atoms with van der Waals surface area (Å²) in [5, 5.41) is 3.74. The Morgan fingerprint density at radius 2 is 1.95 bits per heavy atom. The van der Waals surface area contributed by atoms with E-state index in [9.17, 15) is 0 Å². The molecule has 0 spiro atoms. The van der Waals surface area contributed by atoms with Gasteiger partial charge in [0.2, 0.25) is 0 Å². The summed E-state index contributed by atoms with van der Waals surface area (Å²) in [6.07, 6.45) is 6.23. The van der Waals surface area contributed by atoms with Crippen LogP contribution in [0.1, 0.15) is 31.2 Å². The minimum absolute atomic E-state index is 0.380. The van der Waals surface area contributed by atoms with Gasteiger partial charge >= 0.3 is 0 Å². The molecule has 0 bridgehead atoms. The molecule has 2 nitrogen and oxygen atoms in total. The van der Waals surface area contributed by atoms with Crippen LogP contribution < -0.4 is 5.32 Å². The molecule has 0 radical (unpaired) electrons. The van der Waals surface area contributed by atoms with Crippen molar-refractivity contribution in [3.63, 3.8) is 0 Å². The number of ether oxygens (including phenoxy) is 1. The van der Waals surface area contributed by atoms with Gasteiger partial charge in [0, 0.05) is 30.3 Å². The van der Waals surface area contributed by atoms with Crippen molar-refractivity contribution in [2.24, 2.45) is 5.41 Å². The number of rotatable bonds is 5. The zero-order chi connectivity index (χ0) is 13.1. The molecule has 2 aliphatic rings. The fourth-order valence-electron chi connectivity index (χ4n) is 2.91. The number of hydrogen-bond donors (Lipinski definition) is 1. The maximum Gasteiger partial charge on any atom is 0.0471 e. The van der Waals surface area contributed by atoms with Crippen LogP contribution in [0.3, 0.4) is 0 Å². The summed E-state index contributed by atoms with van der Waals surface area (Å²) in [6, 6.07) is 9.42. The van der Waals surface area contributed by atoms with E-state index in [1.165, 1.54) is 35.7 Å². The summed E-state index contributed by atoms with van der Waals surface area (Å²) >= 11 is 3.69. The van der Waals surface area contributed by atoms with Crippen LogP contribution in [0.2, 0.25) is 0 Å². The molecule has 1 saturated carbocycles. The lowest BCUT2D eigenvalue weighted by Gasteiger charge is -2.38. The minimum Gasteiger partial charge on any atom is -0.381 e. The number of benzene rings is 1. The van der Waals surface area contributed by atoms with Crippen LogP contribution in [0, 0.1) is 5.41 Å². The quantitative estimate of drug-likeness (QED) is 0.894. The number of nitrogens with one attached hydrogen (secondary N) is 1. The highest BCUT2D eigenvalue weighted by atomic mass is 79.9. The molecule has 0 unspecified atom stereocenters. The number of hydrogen-bond acceptors (Lipinski definition) is 2. The monoisotopic (exact) mass is 323 g/mol. The molecule has 2 fully saturated rings. The summed E-state index contributed by atoms with van der Waals surface area (Å²) in [5.41, 5.74) is 1.81. The van der Waals surface area contributed by atoms with Crippen LogP contribution in [-0.2, 0) is 11.2 Å². The van der Waals surface area contributed by atoms with E-state index >= 15 is 0 Å². The van der Waals surface area contributed by atoms with E-state index in [1.54, 1.807) is 0 Å². The minimum atomic E-state index is 0.380. The molecule has 1 aliphatic carbocycles. The van der Waals surface area contributed by atoms with Gasteiger partial charge in [0.25, 0.3) is 0 Å². The van der Waals surface area contributed by atoms with Gasteiger partial charge in [0.1, 0.15) is 0 Å². The van der Waals surface area contributed by atoms with Gasteiger partial charge in [-0.1, -0.05) is 34.1 Å². The molecule has 1 N–H and O–H groups in total. The second-order valence-corrected chi connectivity index (χ2v) is 6.89. The van der Waals surface area contributed by atoms with Crippen molar-refractivity contribution < 1.29 is 4.74 Å². The normalized spacial score (nSPS) is 22.4. The van der Waals surface area contributed by atoms with Crippen LogP contribution in [-0.4, -0.2) is 25.8 Å². The lowest BCUT2D eigenvalue weighted by Crippen LogP contribution is -2.41. The molecule has 104 valence electrons. The third-order valence-electron chi connectivity index (χ3n) is 4.42. The van der Waals surface area contributed by atoms with Gasteiger partial charge in [-0.25, -0.2) is 0 Å². The highest BCUT2D eigenvalue weighted by Gasteiger charge is 2.35. The van der Waals surface area contributed by atoms with Crippen LogP contribution in [0.5, 0.6) is 0 Å². The van der Waals surface area contributed by atoms with Crippen molar-refractivity contribution in [2.75, 3.05) is 19.8 Å². The SMILES string of the molecule is Brc1ccccc1CC1(CNC2CC2)CCOCC1. The summed E-state index contributed by atoms with van der Waals surface area (Å²) in [5.74, 6) is 0. The Balaban J connectivity index is 1.72. The van der Waals surface area contributed by atoms with Gasteiger partial charge in [-0.3, -0.25) is 0 Å². The lowest BCUT2D eigenvalue weighted by molar-refractivity contribution is 0.0147. The molecule has 19 heavy (non-hydrogen) atoms.